The number of hydrogen-bond acceptors (Lipinski definition) is 8. The Morgan fingerprint density at radius 3 is 2.56 bits per heavy atom. The Hall–Kier alpha value is -3.36. The molecule has 0 aliphatic carbocycles. The molecule has 1 heterocycles. The summed E-state index contributed by atoms with van der Waals surface area (Å²) in [6.07, 6.45) is -2.14. The number of alkyl carbamates (subject to hydrolysis) is 1. The van der Waals surface area contributed by atoms with Gasteiger partial charge < -0.3 is 18.7 Å². The molecule has 144 valence electrons. The average molecular weight is 376 g/mol. The van der Waals surface area contributed by atoms with Crippen molar-refractivity contribution in [2.45, 2.75) is 33.5 Å². The van der Waals surface area contributed by atoms with E-state index in [0.717, 1.165) is 12.7 Å². The van der Waals surface area contributed by atoms with Crippen LogP contribution in [0.25, 0.3) is 0 Å². The van der Waals surface area contributed by atoms with Gasteiger partial charge in [-0.15, -0.1) is 0 Å². The van der Waals surface area contributed by atoms with Gasteiger partial charge >= 0.3 is 12.1 Å². The monoisotopic (exact) mass is 376 g/mol. The molecule has 2 rings (SSSR count). The van der Waals surface area contributed by atoms with E-state index in [0.29, 0.717) is 11.5 Å². The highest BCUT2D eigenvalue weighted by Gasteiger charge is 2.23. The van der Waals surface area contributed by atoms with Gasteiger partial charge in [0.15, 0.2) is 6.10 Å². The summed E-state index contributed by atoms with van der Waals surface area (Å²) < 4.78 is 20.2. The Kier molecular flexibility index (Phi) is 6.53. The van der Waals surface area contributed by atoms with E-state index in [1.54, 1.807) is 32.0 Å². The standard InChI is InChI=1S/C18H20N2O7/c1-10-14(11(2)27-20-10)9-25-15-8-6-5-7-13(15)17(22)26-12(3)16(21)19-18(23)24-4/h5-8,12H,9H2,1-4H3,(H,19,21,23)/t12-/m1/s1. The number of carbonyl (C=O) groups excluding carboxylic acids is 3. The number of ether oxygens (including phenoxy) is 3. The Balaban J connectivity index is 2.06. The smallest absolute Gasteiger partial charge is 0.413 e. The van der Waals surface area contributed by atoms with Crippen LogP contribution in [0.15, 0.2) is 28.8 Å². The first-order chi connectivity index (χ1) is 12.8. The van der Waals surface area contributed by atoms with Gasteiger partial charge in [-0.2, -0.15) is 0 Å². The number of rotatable bonds is 6. The first kappa shape index (κ1) is 20.0. The quantitative estimate of drug-likeness (QED) is 0.763. The Morgan fingerprint density at radius 1 is 1.22 bits per heavy atom. The largest absolute Gasteiger partial charge is 0.488 e. The highest BCUT2D eigenvalue weighted by Crippen LogP contribution is 2.22. The maximum Gasteiger partial charge on any atom is 0.413 e. The summed E-state index contributed by atoms with van der Waals surface area (Å²) in [5.74, 6) is -0.662. The molecule has 0 radical (unpaired) electrons. The van der Waals surface area contributed by atoms with E-state index in [4.69, 9.17) is 14.0 Å². The second kappa shape index (κ2) is 8.84. The molecule has 0 aliphatic heterocycles. The number of aryl methyl sites for hydroxylation is 2. The number of imide groups is 1. The predicted molar refractivity (Wildman–Crippen MR) is 92.2 cm³/mol. The van der Waals surface area contributed by atoms with E-state index in [-0.39, 0.29) is 17.9 Å². The van der Waals surface area contributed by atoms with Crippen LogP contribution in [-0.4, -0.2) is 36.3 Å². The number of nitrogens with one attached hydrogen (secondary N) is 1. The summed E-state index contributed by atoms with van der Waals surface area (Å²) in [4.78, 5) is 35.2. The highest BCUT2D eigenvalue weighted by molar-refractivity contribution is 5.97. The van der Waals surface area contributed by atoms with Gasteiger partial charge in [0, 0.05) is 0 Å². The second-order valence-electron chi connectivity index (χ2n) is 5.62. The predicted octanol–water partition coefficient (Wildman–Crippen LogP) is 2.30. The van der Waals surface area contributed by atoms with E-state index in [9.17, 15) is 14.4 Å². The summed E-state index contributed by atoms with van der Waals surface area (Å²) in [5, 5.41) is 5.78. The van der Waals surface area contributed by atoms with Crippen LogP contribution in [0.4, 0.5) is 4.79 Å². The van der Waals surface area contributed by atoms with Crippen LogP contribution < -0.4 is 10.1 Å². The van der Waals surface area contributed by atoms with E-state index in [1.807, 2.05) is 5.32 Å². The molecule has 0 fully saturated rings. The molecular weight excluding hydrogens is 356 g/mol. The molecule has 0 aliphatic rings. The van der Waals surface area contributed by atoms with Crippen molar-refractivity contribution >= 4 is 18.0 Å². The minimum atomic E-state index is -1.20. The lowest BCUT2D eigenvalue weighted by atomic mass is 10.2. The number of benzene rings is 1. The Bertz CT molecular complexity index is 824. The van der Waals surface area contributed by atoms with Gasteiger partial charge in [0.2, 0.25) is 0 Å². The zero-order valence-corrected chi connectivity index (χ0v) is 15.4. The third-order valence-electron chi connectivity index (χ3n) is 3.72. The van der Waals surface area contributed by atoms with E-state index in [1.165, 1.54) is 13.0 Å². The highest BCUT2D eigenvalue weighted by atomic mass is 16.6. The number of nitrogens with zero attached hydrogens (tertiary/aromatic N) is 1. The first-order valence-electron chi connectivity index (χ1n) is 8.06. The number of amides is 2. The maximum atomic E-state index is 12.4. The summed E-state index contributed by atoms with van der Waals surface area (Å²) in [7, 11) is 1.12. The number of aromatic nitrogens is 1. The van der Waals surface area contributed by atoms with Gasteiger partial charge in [-0.1, -0.05) is 17.3 Å². The van der Waals surface area contributed by atoms with Gasteiger partial charge in [-0.3, -0.25) is 10.1 Å². The second-order valence-corrected chi connectivity index (χ2v) is 5.62. The topological polar surface area (TPSA) is 117 Å². The molecule has 0 bridgehead atoms. The summed E-state index contributed by atoms with van der Waals surface area (Å²) >= 11 is 0. The fraction of sp³-hybridized carbons (Fsp3) is 0.333. The van der Waals surface area contributed by atoms with E-state index >= 15 is 0 Å². The number of carbonyl (C=O) groups is 3. The fourth-order valence-electron chi connectivity index (χ4n) is 2.15. The maximum absolute atomic E-state index is 12.4. The van der Waals surface area contributed by atoms with Crippen molar-refractivity contribution in [2.75, 3.05) is 7.11 Å². The minimum absolute atomic E-state index is 0.141. The zero-order chi connectivity index (χ0) is 20.0. The molecule has 9 heteroatoms. The number of esters is 1. The Morgan fingerprint density at radius 2 is 1.93 bits per heavy atom. The van der Waals surface area contributed by atoms with Crippen LogP contribution in [0, 0.1) is 13.8 Å². The summed E-state index contributed by atoms with van der Waals surface area (Å²) in [6.45, 7) is 5.05. The van der Waals surface area contributed by atoms with E-state index < -0.39 is 24.1 Å². The Labute approximate surface area is 155 Å². The zero-order valence-electron chi connectivity index (χ0n) is 15.4. The molecule has 1 N–H and O–H groups in total. The van der Waals surface area contributed by atoms with Gasteiger partial charge in [-0.25, -0.2) is 9.59 Å². The third-order valence-corrected chi connectivity index (χ3v) is 3.72. The lowest BCUT2D eigenvalue weighted by molar-refractivity contribution is -0.128. The summed E-state index contributed by atoms with van der Waals surface area (Å²) in [5.41, 5.74) is 1.62. The van der Waals surface area contributed by atoms with Gasteiger partial charge in [-0.05, 0) is 32.9 Å². The molecule has 0 unspecified atom stereocenters. The normalized spacial score (nSPS) is 11.4. The van der Waals surface area contributed by atoms with Crippen molar-refractivity contribution in [3.63, 3.8) is 0 Å². The van der Waals surface area contributed by atoms with Crippen molar-refractivity contribution in [1.29, 1.82) is 0 Å². The van der Waals surface area contributed by atoms with Gasteiger partial charge in [0.25, 0.3) is 5.91 Å². The molecular formula is C18H20N2O7. The third kappa shape index (κ3) is 5.06. The number of para-hydroxylation sites is 1. The van der Waals surface area contributed by atoms with Crippen LogP contribution in [0.2, 0.25) is 0 Å². The number of hydrogen-bond donors (Lipinski definition) is 1. The summed E-state index contributed by atoms with van der Waals surface area (Å²) in [6, 6.07) is 6.45. The van der Waals surface area contributed by atoms with Crippen molar-refractivity contribution < 1.29 is 33.1 Å². The molecule has 9 nitrogen and oxygen atoms in total. The molecule has 0 saturated heterocycles. The van der Waals surface area contributed by atoms with Gasteiger partial charge in [0.1, 0.15) is 23.7 Å². The van der Waals surface area contributed by atoms with Crippen LogP contribution in [0.1, 0.15) is 34.3 Å². The van der Waals surface area contributed by atoms with Crippen LogP contribution >= 0.6 is 0 Å². The van der Waals surface area contributed by atoms with E-state index in [2.05, 4.69) is 9.89 Å². The van der Waals surface area contributed by atoms with Crippen LogP contribution in [0.3, 0.4) is 0 Å². The van der Waals surface area contributed by atoms with Crippen LogP contribution in [0.5, 0.6) is 5.75 Å². The molecule has 0 spiro atoms. The van der Waals surface area contributed by atoms with Crippen molar-refractivity contribution in [1.82, 2.24) is 10.5 Å². The molecule has 2 amide bonds. The van der Waals surface area contributed by atoms with Crippen molar-refractivity contribution in [3.8, 4) is 5.75 Å². The molecule has 1 aromatic heterocycles. The lowest BCUT2D eigenvalue weighted by Gasteiger charge is -2.14. The van der Waals surface area contributed by atoms with Crippen LogP contribution in [-0.2, 0) is 20.9 Å². The molecule has 1 atom stereocenters. The SMILES string of the molecule is COC(=O)NC(=O)[C@@H](C)OC(=O)c1ccccc1OCc1c(C)noc1C. The van der Waals surface area contributed by atoms with Gasteiger partial charge in [0.05, 0.1) is 18.4 Å². The van der Waals surface area contributed by atoms with Crippen molar-refractivity contribution in [2.24, 2.45) is 0 Å². The number of methoxy groups -OCH3 is 1. The molecule has 0 saturated carbocycles. The average Bonchev–Trinajstić information content (AvgIpc) is 2.97. The first-order valence-corrected chi connectivity index (χ1v) is 8.06. The minimum Gasteiger partial charge on any atom is -0.488 e. The molecule has 1 aromatic carbocycles. The lowest BCUT2D eigenvalue weighted by Crippen LogP contribution is -2.39. The molecule has 27 heavy (non-hydrogen) atoms. The fourth-order valence-corrected chi connectivity index (χ4v) is 2.15. The van der Waals surface area contributed by atoms with Crippen molar-refractivity contribution in [3.05, 3.63) is 46.8 Å². The molecule has 2 aromatic rings.